The number of amides is 1. The van der Waals surface area contributed by atoms with Gasteiger partial charge in [0.05, 0.1) is 17.8 Å². The zero-order chi connectivity index (χ0) is 10.8. The molecule has 1 amide bonds. The number of carbonyl (C=O) groups is 1. The first-order chi connectivity index (χ1) is 7.16. The highest BCUT2D eigenvalue weighted by molar-refractivity contribution is 9.10. The van der Waals surface area contributed by atoms with Crippen LogP contribution in [0.15, 0.2) is 22.9 Å². The number of nitrogens with two attached hydrogens (primary N) is 1. The van der Waals surface area contributed by atoms with Crippen LogP contribution < -0.4 is 10.6 Å². The van der Waals surface area contributed by atoms with Crippen molar-refractivity contribution in [2.75, 3.05) is 18.0 Å². The summed E-state index contributed by atoms with van der Waals surface area (Å²) in [5.41, 5.74) is 6.31. The number of primary amides is 1. The van der Waals surface area contributed by atoms with Crippen LogP contribution in [0, 0.1) is 5.92 Å². The molecular formula is C10H12BrN3O. The van der Waals surface area contributed by atoms with E-state index in [0.29, 0.717) is 6.54 Å². The highest BCUT2D eigenvalue weighted by atomic mass is 79.9. The minimum absolute atomic E-state index is 0.0241. The van der Waals surface area contributed by atoms with Crippen molar-refractivity contribution in [1.82, 2.24) is 4.98 Å². The zero-order valence-corrected chi connectivity index (χ0v) is 9.77. The molecule has 0 radical (unpaired) electrons. The van der Waals surface area contributed by atoms with Gasteiger partial charge < -0.3 is 10.6 Å². The van der Waals surface area contributed by atoms with Gasteiger partial charge in [-0.25, -0.2) is 0 Å². The lowest BCUT2D eigenvalue weighted by Crippen LogP contribution is -2.27. The summed E-state index contributed by atoms with van der Waals surface area (Å²) in [7, 11) is 0. The van der Waals surface area contributed by atoms with Gasteiger partial charge in [0, 0.05) is 23.8 Å². The van der Waals surface area contributed by atoms with Crippen LogP contribution >= 0.6 is 15.9 Å². The molecule has 5 heteroatoms. The molecule has 1 unspecified atom stereocenters. The smallest absolute Gasteiger partial charge is 0.222 e. The normalized spacial score (nSPS) is 20.6. The monoisotopic (exact) mass is 269 g/mol. The molecule has 0 aliphatic carbocycles. The number of halogens is 1. The van der Waals surface area contributed by atoms with Crippen molar-refractivity contribution in [3.63, 3.8) is 0 Å². The maximum atomic E-state index is 11.0. The van der Waals surface area contributed by atoms with Crippen molar-refractivity contribution in [2.24, 2.45) is 11.7 Å². The van der Waals surface area contributed by atoms with Crippen molar-refractivity contribution in [3.05, 3.63) is 22.9 Å². The Bertz CT molecular complexity index is 383. The van der Waals surface area contributed by atoms with Gasteiger partial charge in [0.1, 0.15) is 0 Å². The highest BCUT2D eigenvalue weighted by Gasteiger charge is 2.26. The molecule has 1 aliphatic rings. The Morgan fingerprint density at radius 1 is 1.60 bits per heavy atom. The number of rotatable bonds is 2. The number of hydrogen-bond donors (Lipinski definition) is 1. The van der Waals surface area contributed by atoms with E-state index in [1.54, 1.807) is 12.4 Å². The zero-order valence-electron chi connectivity index (χ0n) is 8.19. The van der Waals surface area contributed by atoms with Crippen LogP contribution in [0.5, 0.6) is 0 Å². The summed E-state index contributed by atoms with van der Waals surface area (Å²) >= 11 is 3.37. The SMILES string of the molecule is NC(=O)C1CCN(c2cncc(Br)c2)C1. The topological polar surface area (TPSA) is 59.2 Å². The predicted octanol–water partition coefficient (Wildman–Crippen LogP) is 1.16. The average Bonchev–Trinajstić information content (AvgIpc) is 2.66. The molecule has 1 saturated heterocycles. The van der Waals surface area contributed by atoms with E-state index in [2.05, 4.69) is 25.8 Å². The van der Waals surface area contributed by atoms with Crippen molar-refractivity contribution in [3.8, 4) is 0 Å². The third-order valence-corrected chi connectivity index (χ3v) is 3.08. The summed E-state index contributed by atoms with van der Waals surface area (Å²) in [5.74, 6) is -0.232. The van der Waals surface area contributed by atoms with Gasteiger partial charge >= 0.3 is 0 Å². The Morgan fingerprint density at radius 2 is 2.40 bits per heavy atom. The van der Waals surface area contributed by atoms with Gasteiger partial charge in [-0.05, 0) is 28.4 Å². The maximum absolute atomic E-state index is 11.0. The second-order valence-electron chi connectivity index (χ2n) is 3.70. The van der Waals surface area contributed by atoms with Crippen molar-refractivity contribution in [2.45, 2.75) is 6.42 Å². The van der Waals surface area contributed by atoms with E-state index in [1.807, 2.05) is 6.07 Å². The molecule has 80 valence electrons. The summed E-state index contributed by atoms with van der Waals surface area (Å²) < 4.78 is 0.947. The van der Waals surface area contributed by atoms with Crippen molar-refractivity contribution < 1.29 is 4.79 Å². The minimum atomic E-state index is -0.208. The summed E-state index contributed by atoms with van der Waals surface area (Å²) in [6.07, 6.45) is 4.38. The number of nitrogens with zero attached hydrogens (tertiary/aromatic N) is 2. The van der Waals surface area contributed by atoms with Crippen LogP contribution in [0.4, 0.5) is 5.69 Å². The quantitative estimate of drug-likeness (QED) is 0.877. The molecule has 2 N–H and O–H groups in total. The van der Waals surface area contributed by atoms with Crippen LogP contribution in [0.25, 0.3) is 0 Å². The van der Waals surface area contributed by atoms with Gasteiger partial charge in [-0.15, -0.1) is 0 Å². The first kappa shape index (κ1) is 10.4. The molecule has 2 rings (SSSR count). The van der Waals surface area contributed by atoms with Gasteiger partial charge in [0.2, 0.25) is 5.91 Å². The van der Waals surface area contributed by atoms with Gasteiger partial charge in [-0.3, -0.25) is 9.78 Å². The predicted molar refractivity (Wildman–Crippen MR) is 61.5 cm³/mol. The number of anilines is 1. The van der Waals surface area contributed by atoms with Gasteiger partial charge in [0.25, 0.3) is 0 Å². The molecule has 1 aromatic rings. The lowest BCUT2D eigenvalue weighted by molar-refractivity contribution is -0.121. The Morgan fingerprint density at radius 3 is 3.00 bits per heavy atom. The first-order valence-corrected chi connectivity index (χ1v) is 5.61. The Hall–Kier alpha value is -1.10. The van der Waals surface area contributed by atoms with E-state index in [-0.39, 0.29) is 11.8 Å². The average molecular weight is 270 g/mol. The third-order valence-electron chi connectivity index (χ3n) is 2.65. The highest BCUT2D eigenvalue weighted by Crippen LogP contribution is 2.24. The molecule has 0 aromatic carbocycles. The van der Waals surface area contributed by atoms with E-state index in [0.717, 1.165) is 23.1 Å². The van der Waals surface area contributed by atoms with E-state index in [9.17, 15) is 4.79 Å². The van der Waals surface area contributed by atoms with E-state index in [1.165, 1.54) is 0 Å². The molecule has 0 saturated carbocycles. The lowest BCUT2D eigenvalue weighted by Gasteiger charge is -2.17. The second-order valence-corrected chi connectivity index (χ2v) is 4.61. The molecule has 0 bridgehead atoms. The molecule has 4 nitrogen and oxygen atoms in total. The van der Waals surface area contributed by atoms with Gasteiger partial charge in [-0.2, -0.15) is 0 Å². The molecular weight excluding hydrogens is 258 g/mol. The number of carbonyl (C=O) groups excluding carboxylic acids is 1. The minimum Gasteiger partial charge on any atom is -0.369 e. The Balaban J connectivity index is 2.11. The third kappa shape index (κ3) is 2.28. The van der Waals surface area contributed by atoms with Crippen molar-refractivity contribution >= 4 is 27.5 Å². The first-order valence-electron chi connectivity index (χ1n) is 4.81. The summed E-state index contributed by atoms with van der Waals surface area (Å²) in [4.78, 5) is 17.2. The number of pyridine rings is 1. The molecule has 1 atom stereocenters. The fourth-order valence-corrected chi connectivity index (χ4v) is 2.15. The Labute approximate surface area is 96.6 Å². The standard InChI is InChI=1S/C10H12BrN3O/c11-8-3-9(5-13-4-8)14-2-1-7(6-14)10(12)15/h3-5,7H,1-2,6H2,(H2,12,15). The lowest BCUT2D eigenvalue weighted by atomic mass is 10.1. The summed E-state index contributed by atoms with van der Waals surface area (Å²) in [6, 6.07) is 2.00. The van der Waals surface area contributed by atoms with Crippen LogP contribution in [0.1, 0.15) is 6.42 Å². The van der Waals surface area contributed by atoms with Crippen LogP contribution in [-0.2, 0) is 4.79 Å². The van der Waals surface area contributed by atoms with E-state index >= 15 is 0 Å². The second kappa shape index (κ2) is 4.18. The molecule has 2 heterocycles. The molecule has 15 heavy (non-hydrogen) atoms. The number of aromatic nitrogens is 1. The fraction of sp³-hybridized carbons (Fsp3) is 0.400. The summed E-state index contributed by atoms with van der Waals surface area (Å²) in [5, 5.41) is 0. The fourth-order valence-electron chi connectivity index (χ4n) is 1.80. The van der Waals surface area contributed by atoms with Gasteiger partial charge in [0.15, 0.2) is 0 Å². The molecule has 1 aliphatic heterocycles. The van der Waals surface area contributed by atoms with E-state index < -0.39 is 0 Å². The maximum Gasteiger partial charge on any atom is 0.222 e. The Kier molecular flexibility index (Phi) is 2.90. The summed E-state index contributed by atoms with van der Waals surface area (Å²) in [6.45, 7) is 1.57. The number of hydrogen-bond acceptors (Lipinski definition) is 3. The van der Waals surface area contributed by atoms with Crippen LogP contribution in [0.2, 0.25) is 0 Å². The molecule has 1 aromatic heterocycles. The molecule has 1 fully saturated rings. The molecule has 0 spiro atoms. The van der Waals surface area contributed by atoms with Crippen molar-refractivity contribution in [1.29, 1.82) is 0 Å². The van der Waals surface area contributed by atoms with Crippen LogP contribution in [-0.4, -0.2) is 24.0 Å². The van der Waals surface area contributed by atoms with Crippen LogP contribution in [0.3, 0.4) is 0 Å². The largest absolute Gasteiger partial charge is 0.369 e. The van der Waals surface area contributed by atoms with E-state index in [4.69, 9.17) is 5.73 Å². The van der Waals surface area contributed by atoms with Gasteiger partial charge in [-0.1, -0.05) is 0 Å².